The Morgan fingerprint density at radius 2 is 1.85 bits per heavy atom. The summed E-state index contributed by atoms with van der Waals surface area (Å²) in [5.74, 6) is 0. The number of sulfone groups is 1. The molecule has 0 radical (unpaired) electrons. The third-order valence-electron chi connectivity index (χ3n) is 7.08. The molecule has 1 saturated heterocycles. The molecule has 0 aliphatic carbocycles. The highest BCUT2D eigenvalue weighted by Crippen LogP contribution is 2.43. The molecule has 0 bridgehead atoms. The zero-order chi connectivity index (χ0) is 30.3. The number of amides is 4. The molecule has 2 heterocycles. The zero-order valence-electron chi connectivity index (χ0n) is 21.9. The maximum Gasteiger partial charge on any atom is 0.416 e. The third kappa shape index (κ3) is 5.36. The van der Waals surface area contributed by atoms with Gasteiger partial charge in [-0.1, -0.05) is 12.1 Å². The van der Waals surface area contributed by atoms with Gasteiger partial charge in [0.15, 0.2) is 9.84 Å². The highest BCUT2D eigenvalue weighted by molar-refractivity contribution is 7.90. The third-order valence-corrected chi connectivity index (χ3v) is 8.24. The minimum atomic E-state index is -4.75. The van der Waals surface area contributed by atoms with E-state index in [1.807, 2.05) is 12.1 Å². The van der Waals surface area contributed by atoms with Gasteiger partial charge in [0, 0.05) is 18.5 Å². The van der Waals surface area contributed by atoms with Crippen LogP contribution in [0.2, 0.25) is 0 Å². The van der Waals surface area contributed by atoms with Gasteiger partial charge >= 0.3 is 18.2 Å². The SMILES string of the molecule is CC1=C(C#N)[C@@H](c2ccc(C#N)cc2S(C)(=O)=O)N(C(=O)N2CCC[C@H]2CO)C(=O)N1c1cccc(C(F)(F)F)c1. The van der Waals surface area contributed by atoms with Crippen molar-refractivity contribution in [3.63, 3.8) is 0 Å². The smallest absolute Gasteiger partial charge is 0.394 e. The lowest BCUT2D eigenvalue weighted by molar-refractivity contribution is -0.137. The monoisotopic (exact) mass is 587 g/mol. The van der Waals surface area contributed by atoms with Crippen LogP contribution in [0.3, 0.4) is 0 Å². The second kappa shape index (κ2) is 10.9. The van der Waals surface area contributed by atoms with E-state index in [1.54, 1.807) is 0 Å². The van der Waals surface area contributed by atoms with Crippen LogP contribution in [0.1, 0.15) is 42.5 Å². The molecule has 2 aliphatic rings. The molecule has 0 aromatic heterocycles. The van der Waals surface area contributed by atoms with Gasteiger partial charge in [0.2, 0.25) is 0 Å². The zero-order valence-corrected chi connectivity index (χ0v) is 22.7. The van der Waals surface area contributed by atoms with Crippen molar-refractivity contribution in [1.29, 1.82) is 10.5 Å². The van der Waals surface area contributed by atoms with Crippen LogP contribution in [0, 0.1) is 22.7 Å². The van der Waals surface area contributed by atoms with Crippen LogP contribution in [0.4, 0.5) is 28.4 Å². The quantitative estimate of drug-likeness (QED) is 0.560. The van der Waals surface area contributed by atoms with E-state index in [-0.39, 0.29) is 34.6 Å². The van der Waals surface area contributed by atoms with Crippen molar-refractivity contribution in [3.05, 3.63) is 70.4 Å². The number of hydrogen-bond donors (Lipinski definition) is 1. The van der Waals surface area contributed by atoms with E-state index in [1.165, 1.54) is 30.0 Å². The predicted octanol–water partition coefficient (Wildman–Crippen LogP) is 4.34. The van der Waals surface area contributed by atoms with E-state index in [2.05, 4.69) is 0 Å². The highest BCUT2D eigenvalue weighted by Gasteiger charge is 2.48. The van der Waals surface area contributed by atoms with Gasteiger partial charge < -0.3 is 10.0 Å². The summed E-state index contributed by atoms with van der Waals surface area (Å²) in [5, 5.41) is 29.4. The normalized spacial score (nSPS) is 19.8. The number of anilines is 1. The molecular weight excluding hydrogens is 563 g/mol. The Morgan fingerprint density at radius 3 is 2.44 bits per heavy atom. The number of nitriles is 2. The molecule has 0 spiro atoms. The van der Waals surface area contributed by atoms with Crippen LogP contribution in [0.5, 0.6) is 0 Å². The molecule has 1 N–H and O–H groups in total. The van der Waals surface area contributed by atoms with Crippen LogP contribution in [-0.2, 0) is 16.0 Å². The van der Waals surface area contributed by atoms with Crippen molar-refractivity contribution in [2.45, 2.75) is 42.9 Å². The Balaban J connectivity index is 2.02. The molecule has 0 saturated carbocycles. The average Bonchev–Trinajstić information content (AvgIpc) is 3.40. The molecule has 14 heteroatoms. The Labute approximate surface area is 234 Å². The first-order valence-electron chi connectivity index (χ1n) is 12.3. The Kier molecular flexibility index (Phi) is 7.85. The number of hydrogen-bond acceptors (Lipinski definition) is 7. The number of rotatable bonds is 4. The van der Waals surface area contributed by atoms with E-state index in [4.69, 9.17) is 0 Å². The second-order valence-electron chi connectivity index (χ2n) is 9.64. The summed E-state index contributed by atoms with van der Waals surface area (Å²) in [6.07, 6.45) is -2.98. The summed E-state index contributed by atoms with van der Waals surface area (Å²) < 4.78 is 66.2. The van der Waals surface area contributed by atoms with Gasteiger partial charge in [0.05, 0.1) is 52.1 Å². The topological polar surface area (TPSA) is 146 Å². The lowest BCUT2D eigenvalue weighted by atomic mass is 9.93. The van der Waals surface area contributed by atoms with Gasteiger partial charge in [0.25, 0.3) is 0 Å². The number of imide groups is 1. The fourth-order valence-electron chi connectivity index (χ4n) is 5.13. The van der Waals surface area contributed by atoms with Crippen molar-refractivity contribution in [1.82, 2.24) is 9.80 Å². The van der Waals surface area contributed by atoms with E-state index in [9.17, 15) is 46.8 Å². The molecule has 0 unspecified atom stereocenters. The summed E-state index contributed by atoms with van der Waals surface area (Å²) in [7, 11) is -4.08. The van der Waals surface area contributed by atoms with Crippen molar-refractivity contribution < 1.29 is 36.3 Å². The Hall–Kier alpha value is -4.40. The van der Waals surface area contributed by atoms with Crippen LogP contribution in [-0.4, -0.2) is 60.8 Å². The lowest BCUT2D eigenvalue weighted by Crippen LogP contribution is -2.57. The molecule has 2 aromatic rings. The van der Waals surface area contributed by atoms with Crippen molar-refractivity contribution in [2.24, 2.45) is 0 Å². The van der Waals surface area contributed by atoms with Gasteiger partial charge in [-0.3, -0.25) is 4.90 Å². The van der Waals surface area contributed by atoms with Gasteiger partial charge in [-0.25, -0.2) is 22.9 Å². The van der Waals surface area contributed by atoms with E-state index in [0.29, 0.717) is 23.8 Å². The number of benzene rings is 2. The molecule has 10 nitrogen and oxygen atoms in total. The van der Waals surface area contributed by atoms with Crippen LogP contribution >= 0.6 is 0 Å². The number of allylic oxidation sites excluding steroid dienone is 1. The number of likely N-dealkylation sites (tertiary alicyclic amines) is 1. The van der Waals surface area contributed by atoms with Crippen molar-refractivity contribution >= 4 is 27.6 Å². The van der Waals surface area contributed by atoms with E-state index in [0.717, 1.165) is 29.4 Å². The number of alkyl halides is 3. The largest absolute Gasteiger partial charge is 0.416 e. The first-order valence-corrected chi connectivity index (χ1v) is 14.2. The number of halogens is 3. The van der Waals surface area contributed by atoms with Crippen molar-refractivity contribution in [2.75, 3.05) is 24.3 Å². The summed E-state index contributed by atoms with van der Waals surface area (Å²) >= 11 is 0. The molecule has 2 atom stereocenters. The summed E-state index contributed by atoms with van der Waals surface area (Å²) in [6, 6.07) is 6.75. The van der Waals surface area contributed by atoms with Gasteiger partial charge in [0.1, 0.15) is 6.04 Å². The number of aliphatic hydroxyl groups excluding tert-OH is 1. The Bertz CT molecular complexity index is 1640. The summed E-state index contributed by atoms with van der Waals surface area (Å²) in [4.78, 5) is 30.4. The number of aliphatic hydroxyl groups is 1. The first kappa shape index (κ1) is 29.6. The Morgan fingerprint density at radius 1 is 1.15 bits per heavy atom. The van der Waals surface area contributed by atoms with Crippen LogP contribution < -0.4 is 4.90 Å². The number of carbonyl (C=O) groups excluding carboxylic acids is 2. The number of urea groups is 2. The van der Waals surface area contributed by atoms with Crippen LogP contribution in [0.15, 0.2) is 58.6 Å². The highest BCUT2D eigenvalue weighted by atomic mass is 32.2. The molecule has 41 heavy (non-hydrogen) atoms. The number of nitrogens with zero attached hydrogens (tertiary/aromatic N) is 5. The fourth-order valence-corrected chi connectivity index (χ4v) is 6.08. The molecule has 2 aromatic carbocycles. The molecular formula is C27H24F3N5O5S. The van der Waals surface area contributed by atoms with E-state index < -0.39 is 57.2 Å². The first-order chi connectivity index (χ1) is 19.2. The fraction of sp³-hybridized carbons (Fsp3) is 0.333. The van der Waals surface area contributed by atoms with Gasteiger partial charge in [-0.2, -0.15) is 23.7 Å². The minimum Gasteiger partial charge on any atom is -0.394 e. The number of carbonyl (C=O) groups is 2. The van der Waals surface area contributed by atoms with Gasteiger partial charge in [-0.15, -0.1) is 0 Å². The minimum absolute atomic E-state index is 0.0288. The summed E-state index contributed by atoms with van der Waals surface area (Å²) in [5.41, 5.74) is -1.90. The average molecular weight is 588 g/mol. The molecule has 1 fully saturated rings. The lowest BCUT2D eigenvalue weighted by Gasteiger charge is -2.43. The van der Waals surface area contributed by atoms with Gasteiger partial charge in [-0.05, 0) is 55.7 Å². The maximum atomic E-state index is 14.1. The second-order valence-corrected chi connectivity index (χ2v) is 11.6. The predicted molar refractivity (Wildman–Crippen MR) is 139 cm³/mol. The maximum absolute atomic E-state index is 14.1. The molecule has 2 aliphatic heterocycles. The van der Waals surface area contributed by atoms with Crippen LogP contribution in [0.25, 0.3) is 0 Å². The summed E-state index contributed by atoms with van der Waals surface area (Å²) in [6.45, 7) is 1.02. The van der Waals surface area contributed by atoms with Crippen molar-refractivity contribution in [3.8, 4) is 12.1 Å². The molecule has 4 rings (SSSR count). The van der Waals surface area contributed by atoms with E-state index >= 15 is 0 Å². The molecule has 214 valence electrons. The standard InChI is InChI=1S/C27H24F3N5O5S/c1-16-22(14-32)24(21-9-8-17(13-31)11-23(21)41(2,39)40)35(25(37)33-10-4-7-20(33)15-36)26(38)34(16)19-6-3-5-18(12-19)27(28,29)30/h3,5-6,8-9,11-12,20,24,36H,4,7,10,15H2,1-2H3/t20-,24+/m0/s1. The molecule has 4 amide bonds.